The molecule has 0 unspecified atom stereocenters. The van der Waals surface area contributed by atoms with E-state index in [2.05, 4.69) is 19.9 Å². The van der Waals surface area contributed by atoms with Crippen molar-refractivity contribution in [3.63, 3.8) is 0 Å². The van der Waals surface area contributed by atoms with Gasteiger partial charge >= 0.3 is 0 Å². The molecule has 6 nitrogen and oxygen atoms in total. The van der Waals surface area contributed by atoms with Crippen LogP contribution in [0.25, 0.3) is 17.3 Å². The zero-order valence-electron chi connectivity index (χ0n) is 19.6. The second-order valence-corrected chi connectivity index (χ2v) is 9.64. The summed E-state index contributed by atoms with van der Waals surface area (Å²) in [5, 5.41) is 10.0. The molecule has 3 aromatic rings. The Labute approximate surface area is 202 Å². The fourth-order valence-electron chi connectivity index (χ4n) is 3.82. The van der Waals surface area contributed by atoms with Crippen molar-refractivity contribution in [2.75, 3.05) is 26.3 Å². The summed E-state index contributed by atoms with van der Waals surface area (Å²) in [6.45, 7) is 7.93. The zero-order valence-corrected chi connectivity index (χ0v) is 20.4. The molecule has 0 bridgehead atoms. The van der Waals surface area contributed by atoms with E-state index in [0.717, 1.165) is 16.7 Å². The predicted octanol–water partition coefficient (Wildman–Crippen LogP) is 2.69. The molecule has 0 radical (unpaired) electrons. The Bertz CT molecular complexity index is 1400. The van der Waals surface area contributed by atoms with Crippen LogP contribution < -0.4 is 14.8 Å². The molecule has 1 aliphatic heterocycles. The van der Waals surface area contributed by atoms with Crippen molar-refractivity contribution in [2.45, 2.75) is 26.7 Å². The van der Waals surface area contributed by atoms with Crippen molar-refractivity contribution >= 4 is 28.9 Å². The van der Waals surface area contributed by atoms with Crippen molar-refractivity contribution in [3.8, 4) is 11.8 Å². The highest BCUT2D eigenvalue weighted by molar-refractivity contribution is 7.07. The zero-order chi connectivity index (χ0) is 24.2. The van der Waals surface area contributed by atoms with Crippen LogP contribution in [-0.2, 0) is 9.53 Å². The fraction of sp³-hybridized carbons (Fsp3) is 0.296. The van der Waals surface area contributed by atoms with Crippen molar-refractivity contribution in [3.05, 3.63) is 84.8 Å². The summed E-state index contributed by atoms with van der Waals surface area (Å²) < 4.78 is 7.65. The van der Waals surface area contributed by atoms with Crippen LogP contribution in [0.3, 0.4) is 0 Å². The number of thiazole rings is 1. The van der Waals surface area contributed by atoms with Gasteiger partial charge in [-0.2, -0.15) is 5.26 Å². The first-order valence-electron chi connectivity index (χ1n) is 11.3. The number of morpholine rings is 1. The maximum Gasteiger partial charge on any atom is 0.273 e. The maximum atomic E-state index is 13.6. The molecule has 1 aromatic heterocycles. The topological polar surface area (TPSA) is 75.3 Å². The fourth-order valence-corrected chi connectivity index (χ4v) is 4.91. The van der Waals surface area contributed by atoms with Crippen LogP contribution >= 0.6 is 11.3 Å². The summed E-state index contributed by atoms with van der Waals surface area (Å²) >= 11 is 1.17. The maximum absolute atomic E-state index is 13.6. The van der Waals surface area contributed by atoms with Gasteiger partial charge in [0.05, 0.1) is 23.4 Å². The van der Waals surface area contributed by atoms with E-state index in [4.69, 9.17) is 4.74 Å². The molecule has 0 aliphatic carbocycles. The van der Waals surface area contributed by atoms with E-state index in [-0.39, 0.29) is 17.0 Å². The lowest BCUT2D eigenvalue weighted by Gasteiger charge is -2.26. The minimum absolute atomic E-state index is 0.0273. The number of nitrogens with zero attached hydrogens (tertiary/aromatic N) is 3. The summed E-state index contributed by atoms with van der Waals surface area (Å²) in [5.74, 6) is -0.0243. The molecule has 174 valence electrons. The highest BCUT2D eigenvalue weighted by Crippen LogP contribution is 2.16. The number of amides is 1. The number of hydrogen-bond acceptors (Lipinski definition) is 5. The largest absolute Gasteiger partial charge is 0.378 e. The number of nitriles is 1. The molecule has 7 heteroatoms. The van der Waals surface area contributed by atoms with E-state index >= 15 is 0 Å². The van der Waals surface area contributed by atoms with Crippen LogP contribution in [0.15, 0.2) is 53.3 Å². The van der Waals surface area contributed by atoms with Gasteiger partial charge in [0, 0.05) is 13.1 Å². The van der Waals surface area contributed by atoms with Gasteiger partial charge in [0.2, 0.25) is 0 Å². The lowest BCUT2D eigenvalue weighted by Crippen LogP contribution is -2.42. The average molecular weight is 474 g/mol. The van der Waals surface area contributed by atoms with E-state index in [1.165, 1.54) is 15.9 Å². The summed E-state index contributed by atoms with van der Waals surface area (Å²) in [6.07, 6.45) is 1.81. The van der Waals surface area contributed by atoms with Gasteiger partial charge in [-0.1, -0.05) is 55.8 Å². The van der Waals surface area contributed by atoms with Gasteiger partial charge < -0.3 is 9.64 Å². The van der Waals surface area contributed by atoms with E-state index in [0.29, 0.717) is 47.1 Å². The number of aromatic nitrogens is 1. The first kappa shape index (κ1) is 23.7. The van der Waals surface area contributed by atoms with Crippen molar-refractivity contribution in [1.29, 1.82) is 5.26 Å². The lowest BCUT2D eigenvalue weighted by atomic mass is 10.0. The highest BCUT2D eigenvalue weighted by atomic mass is 32.1. The van der Waals surface area contributed by atoms with E-state index < -0.39 is 0 Å². The van der Waals surface area contributed by atoms with Crippen LogP contribution in [0.1, 0.15) is 36.5 Å². The molecule has 4 rings (SSSR count). The SMILES string of the molecule is Cc1ccc(/C=c2/s/c(=C(/C#N)C(=O)N3CCOCC3)n(-c3ccc(C(C)C)cc3)c2=O)cc1. The number of carbonyl (C=O) groups excluding carboxylic acids is 1. The van der Waals surface area contributed by atoms with E-state index in [1.807, 2.05) is 61.5 Å². The van der Waals surface area contributed by atoms with Crippen molar-refractivity contribution in [1.82, 2.24) is 9.47 Å². The lowest BCUT2D eigenvalue weighted by molar-refractivity contribution is -0.128. The Morgan fingerprint density at radius 1 is 1.09 bits per heavy atom. The molecule has 2 heterocycles. The molecular formula is C27H27N3O3S. The quantitative estimate of drug-likeness (QED) is 0.584. The van der Waals surface area contributed by atoms with Crippen LogP contribution in [-0.4, -0.2) is 41.7 Å². The van der Waals surface area contributed by atoms with Crippen LogP contribution in [0, 0.1) is 18.3 Å². The minimum Gasteiger partial charge on any atom is -0.378 e. The Morgan fingerprint density at radius 3 is 2.32 bits per heavy atom. The Morgan fingerprint density at radius 2 is 1.74 bits per heavy atom. The van der Waals surface area contributed by atoms with Gasteiger partial charge in [-0.25, -0.2) is 0 Å². The Kier molecular flexibility index (Phi) is 7.11. The molecule has 1 aliphatic rings. The summed E-state index contributed by atoms with van der Waals surface area (Å²) in [7, 11) is 0. The number of carbonyl (C=O) groups is 1. The molecule has 1 saturated heterocycles. The highest BCUT2D eigenvalue weighted by Gasteiger charge is 2.24. The first-order chi connectivity index (χ1) is 16.4. The van der Waals surface area contributed by atoms with Crippen molar-refractivity contribution < 1.29 is 9.53 Å². The number of ether oxygens (including phenoxy) is 1. The minimum atomic E-state index is -0.374. The smallest absolute Gasteiger partial charge is 0.273 e. The van der Waals surface area contributed by atoms with Crippen molar-refractivity contribution in [2.24, 2.45) is 0 Å². The molecule has 0 spiro atoms. The van der Waals surface area contributed by atoms with Gasteiger partial charge in [-0.05, 0) is 42.2 Å². The van der Waals surface area contributed by atoms with Crippen LogP contribution in [0.2, 0.25) is 0 Å². The van der Waals surface area contributed by atoms with Gasteiger partial charge in [-0.3, -0.25) is 14.2 Å². The van der Waals surface area contributed by atoms with Crippen LogP contribution in [0.5, 0.6) is 0 Å². The molecule has 2 aromatic carbocycles. The summed E-state index contributed by atoms with van der Waals surface area (Å²) in [6, 6.07) is 17.7. The molecule has 1 fully saturated rings. The van der Waals surface area contributed by atoms with E-state index in [9.17, 15) is 14.9 Å². The molecule has 0 saturated carbocycles. The Balaban J connectivity index is 1.96. The second-order valence-electron chi connectivity index (χ2n) is 8.60. The standard InChI is InChI=1S/C27H27N3O3S/c1-18(2)21-8-10-22(11-9-21)30-26(32)24(16-20-6-4-19(3)5-7-20)34-27(30)23(17-28)25(31)29-12-14-33-15-13-29/h4-11,16,18H,12-15H2,1-3H3/b24-16+,27-23-. The first-order valence-corrected chi connectivity index (χ1v) is 12.1. The third kappa shape index (κ3) is 4.89. The summed E-state index contributed by atoms with van der Waals surface area (Å²) in [5.41, 5.74) is 3.51. The average Bonchev–Trinajstić information content (AvgIpc) is 3.16. The molecule has 34 heavy (non-hydrogen) atoms. The number of hydrogen-bond donors (Lipinski definition) is 0. The predicted molar refractivity (Wildman–Crippen MR) is 134 cm³/mol. The Hall–Kier alpha value is -3.47. The monoisotopic (exact) mass is 473 g/mol. The third-order valence-corrected chi connectivity index (χ3v) is 6.95. The van der Waals surface area contributed by atoms with E-state index in [1.54, 1.807) is 4.90 Å². The normalized spacial score (nSPS) is 15.4. The van der Waals surface area contributed by atoms with Gasteiger partial charge in [0.1, 0.15) is 10.7 Å². The third-order valence-electron chi connectivity index (χ3n) is 5.85. The number of benzene rings is 2. The van der Waals surface area contributed by atoms with Gasteiger partial charge in [0.15, 0.2) is 5.57 Å². The molecular weight excluding hydrogens is 446 g/mol. The van der Waals surface area contributed by atoms with Gasteiger partial charge in [-0.15, -0.1) is 11.3 Å². The molecule has 0 atom stereocenters. The molecule has 0 N–H and O–H groups in total. The second kappa shape index (κ2) is 10.2. The molecule has 1 amide bonds. The summed E-state index contributed by atoms with van der Waals surface area (Å²) in [4.78, 5) is 28.5. The van der Waals surface area contributed by atoms with Gasteiger partial charge in [0.25, 0.3) is 11.5 Å². The number of rotatable bonds is 4. The number of aryl methyl sites for hydroxylation is 1. The van der Waals surface area contributed by atoms with Crippen LogP contribution in [0.4, 0.5) is 0 Å².